The summed E-state index contributed by atoms with van der Waals surface area (Å²) in [6.45, 7) is 17.5. The summed E-state index contributed by atoms with van der Waals surface area (Å²) < 4.78 is 56.9. The Morgan fingerprint density at radius 1 is 0.879 bits per heavy atom. The largest absolute Gasteiger partial charge is 0.487 e. The number of H-pyrrole nitrogens is 1. The molecule has 22 heteroatoms. The minimum Gasteiger partial charge on any atom is -0.487 e. The van der Waals surface area contributed by atoms with Gasteiger partial charge in [-0.15, -0.1) is 0 Å². The topological polar surface area (TPSA) is 268 Å². The van der Waals surface area contributed by atoms with Crippen LogP contribution in [-0.2, 0) is 43.4 Å². The van der Waals surface area contributed by atoms with Crippen LogP contribution < -0.4 is 31.8 Å². The van der Waals surface area contributed by atoms with E-state index in [1.807, 2.05) is 36.4 Å². The minimum atomic E-state index is -4.86. The van der Waals surface area contributed by atoms with Gasteiger partial charge in [0.15, 0.2) is 17.8 Å². The van der Waals surface area contributed by atoms with Crippen molar-refractivity contribution in [2.45, 2.75) is 115 Å². The summed E-state index contributed by atoms with van der Waals surface area (Å²) in [5.41, 5.74) is 6.91. The van der Waals surface area contributed by atoms with E-state index in [4.69, 9.17) is 38.5 Å². The molecule has 5 aromatic rings. The first-order valence-electron chi connectivity index (χ1n) is 21.4. The zero-order valence-corrected chi connectivity index (χ0v) is 38.7. The number of carbonyl (C=O) groups excluding carboxylic acids is 1. The van der Waals surface area contributed by atoms with Gasteiger partial charge < -0.3 is 39.6 Å². The van der Waals surface area contributed by atoms with Gasteiger partial charge in [-0.1, -0.05) is 79.3 Å². The number of nitrogens with zero attached hydrogens (tertiary/aromatic N) is 6. The lowest BCUT2D eigenvalue weighted by Crippen LogP contribution is -2.33. The highest BCUT2D eigenvalue weighted by atomic mass is 31.2. The summed E-state index contributed by atoms with van der Waals surface area (Å²) in [5, 5.41) is 2.98. The van der Waals surface area contributed by atoms with Gasteiger partial charge in [0.2, 0.25) is 11.9 Å². The molecule has 0 amide bonds. The number of anilines is 2. The van der Waals surface area contributed by atoms with E-state index >= 15 is 0 Å². The standard InChI is InChI=1S/C44H56N9O12P/c1-9-30-32(19-35(62-30)53-24-47-40(45)51-42(53)56)65-66(57,58)61-21-33-31(64-36(54)22-60-29-16-12-27(13-17-29)44(6,7)8)18-34(63-33)52-23-46-37-38(52)49-41(50-39(37)55)48-25(2)20-59-28-14-10-26(11-15-28)43(3,4)5/h10-17,23-24,30-35H,2,9,18-22H2,1,3-8H3,(H,57,58)(H2,45,51,56)(H2,48,49,50,55)/t30-,31-,32-,33-,34-,35-/m1/s1. The molecule has 0 saturated carbocycles. The molecule has 0 bridgehead atoms. The van der Waals surface area contributed by atoms with Crippen molar-refractivity contribution in [2.24, 2.45) is 0 Å². The predicted molar refractivity (Wildman–Crippen MR) is 241 cm³/mol. The molecule has 7 rings (SSSR count). The van der Waals surface area contributed by atoms with Crippen LogP contribution in [0.1, 0.15) is 91.3 Å². The van der Waals surface area contributed by atoms with E-state index in [1.165, 1.54) is 17.2 Å². The number of imidazole rings is 1. The number of nitrogens with two attached hydrogens (primary N) is 1. The van der Waals surface area contributed by atoms with Crippen LogP contribution in [0.25, 0.3) is 11.2 Å². The first kappa shape index (κ1) is 48.0. The van der Waals surface area contributed by atoms with Gasteiger partial charge in [-0.25, -0.2) is 24.1 Å². The van der Waals surface area contributed by atoms with Gasteiger partial charge in [-0.2, -0.15) is 9.97 Å². The Kier molecular flexibility index (Phi) is 14.2. The summed E-state index contributed by atoms with van der Waals surface area (Å²) in [7, 11) is -4.86. The second-order valence-corrected chi connectivity index (χ2v) is 19.5. The number of esters is 1. The smallest absolute Gasteiger partial charge is 0.472 e. The van der Waals surface area contributed by atoms with Gasteiger partial charge in [-0.05, 0) is 52.6 Å². The lowest BCUT2D eigenvalue weighted by atomic mass is 9.87. The molecule has 354 valence electrons. The predicted octanol–water partition coefficient (Wildman–Crippen LogP) is 5.43. The van der Waals surface area contributed by atoms with Gasteiger partial charge in [0.25, 0.3) is 5.56 Å². The summed E-state index contributed by atoms with van der Waals surface area (Å²) in [5.74, 6) is 0.172. The van der Waals surface area contributed by atoms with E-state index in [0.717, 1.165) is 15.7 Å². The molecule has 5 heterocycles. The third-order valence-corrected chi connectivity index (χ3v) is 12.0. The van der Waals surface area contributed by atoms with Crippen molar-refractivity contribution >= 4 is 36.9 Å². The lowest BCUT2D eigenvalue weighted by Gasteiger charge is -2.23. The van der Waals surface area contributed by atoms with Crippen LogP contribution in [0.5, 0.6) is 11.5 Å². The third kappa shape index (κ3) is 11.7. The Labute approximate surface area is 380 Å². The maximum Gasteiger partial charge on any atom is 0.472 e. The second-order valence-electron chi connectivity index (χ2n) is 18.1. The van der Waals surface area contributed by atoms with E-state index in [-0.39, 0.29) is 53.3 Å². The van der Waals surface area contributed by atoms with Crippen molar-refractivity contribution in [1.82, 2.24) is 34.1 Å². The number of aromatic nitrogens is 7. The Morgan fingerprint density at radius 3 is 2.06 bits per heavy atom. The number of phosphoric ester groups is 1. The number of rotatable bonds is 17. The van der Waals surface area contributed by atoms with E-state index in [2.05, 4.69) is 78.4 Å². The zero-order chi connectivity index (χ0) is 47.6. The highest BCUT2D eigenvalue weighted by molar-refractivity contribution is 7.47. The van der Waals surface area contributed by atoms with E-state index in [1.54, 1.807) is 19.1 Å². The average molecular weight is 934 g/mol. The van der Waals surface area contributed by atoms with Crippen LogP contribution in [0, 0.1) is 0 Å². The third-order valence-electron chi connectivity index (χ3n) is 11.0. The monoisotopic (exact) mass is 933 g/mol. The van der Waals surface area contributed by atoms with E-state index in [9.17, 15) is 23.8 Å². The zero-order valence-electron chi connectivity index (χ0n) is 37.8. The molecule has 3 aromatic heterocycles. The fraction of sp³-hybridized carbons (Fsp3) is 0.477. The molecule has 7 atom stereocenters. The lowest BCUT2D eigenvalue weighted by molar-refractivity contribution is -0.155. The summed E-state index contributed by atoms with van der Waals surface area (Å²) >= 11 is 0. The van der Waals surface area contributed by atoms with Crippen LogP contribution in [0.4, 0.5) is 11.9 Å². The second kappa shape index (κ2) is 19.5. The molecule has 2 aliphatic heterocycles. The summed E-state index contributed by atoms with van der Waals surface area (Å²) in [6, 6.07) is 15.1. The fourth-order valence-electron chi connectivity index (χ4n) is 7.43. The van der Waals surface area contributed by atoms with Crippen molar-refractivity contribution in [3.8, 4) is 11.5 Å². The number of hydrogen-bond donors (Lipinski definition) is 4. The molecule has 2 saturated heterocycles. The number of phosphoric acid groups is 1. The maximum absolute atomic E-state index is 13.5. The fourth-order valence-corrected chi connectivity index (χ4v) is 8.39. The summed E-state index contributed by atoms with van der Waals surface area (Å²) in [4.78, 5) is 69.0. The van der Waals surface area contributed by atoms with Crippen molar-refractivity contribution in [2.75, 3.05) is 30.9 Å². The molecule has 1 unspecified atom stereocenters. The number of ether oxygens (including phenoxy) is 5. The molecule has 0 radical (unpaired) electrons. The Balaban J connectivity index is 1.05. The number of nitrogens with one attached hydrogen (secondary N) is 2. The maximum atomic E-state index is 13.5. The van der Waals surface area contributed by atoms with Crippen molar-refractivity contribution in [3.05, 3.63) is 105 Å². The van der Waals surface area contributed by atoms with Crippen LogP contribution >= 0.6 is 7.82 Å². The van der Waals surface area contributed by atoms with Crippen molar-refractivity contribution in [1.29, 1.82) is 0 Å². The average Bonchev–Trinajstić information content (AvgIpc) is 3.98. The number of aromatic amines is 1. The highest BCUT2D eigenvalue weighted by Gasteiger charge is 2.44. The van der Waals surface area contributed by atoms with Crippen molar-refractivity contribution < 1.29 is 47.0 Å². The Bertz CT molecular complexity index is 2690. The number of carbonyl (C=O) groups is 1. The molecule has 5 N–H and O–H groups in total. The molecule has 2 aromatic carbocycles. The van der Waals surface area contributed by atoms with Crippen LogP contribution in [0.3, 0.4) is 0 Å². The number of nitrogen functional groups attached to an aromatic ring is 1. The van der Waals surface area contributed by atoms with Gasteiger partial charge in [-0.3, -0.25) is 28.0 Å². The number of fused-ring (bicyclic) bond motifs is 1. The van der Waals surface area contributed by atoms with Gasteiger partial charge >= 0.3 is 19.5 Å². The van der Waals surface area contributed by atoms with E-state index < -0.39 is 75.1 Å². The Morgan fingerprint density at radius 2 is 1.45 bits per heavy atom. The number of hydrogen-bond acceptors (Lipinski definition) is 17. The van der Waals surface area contributed by atoms with Crippen LogP contribution in [-0.4, -0.2) is 89.2 Å². The molecule has 66 heavy (non-hydrogen) atoms. The molecular weight excluding hydrogens is 878 g/mol. The first-order chi connectivity index (χ1) is 31.2. The van der Waals surface area contributed by atoms with Gasteiger partial charge in [0.1, 0.15) is 49.1 Å². The van der Waals surface area contributed by atoms with Gasteiger partial charge in [0, 0.05) is 18.5 Å². The van der Waals surface area contributed by atoms with Gasteiger partial charge in [0.05, 0.1) is 25.1 Å². The summed E-state index contributed by atoms with van der Waals surface area (Å²) in [6.07, 6.45) is -2.86. The van der Waals surface area contributed by atoms with Crippen molar-refractivity contribution in [3.63, 3.8) is 0 Å². The highest BCUT2D eigenvalue weighted by Crippen LogP contribution is 2.49. The SMILES string of the molecule is C=C(COc1ccc(C(C)(C)C)cc1)Nc1nc2c(ncn2[C@H]2C[C@@H](OC(=O)COc3ccc(C(C)(C)C)cc3)[C@@H](COP(=O)(O)O[C@@H]3C[C@H](n4cnc(N)nc4=O)O[C@@H]3CC)O2)c(=O)[nH]1. The molecule has 0 spiro atoms. The first-order valence-corrected chi connectivity index (χ1v) is 22.9. The Hall–Kier alpha value is -5.96. The molecular formula is C44H56N9O12P. The molecule has 0 aliphatic carbocycles. The molecule has 2 fully saturated rings. The molecule has 2 aliphatic rings. The van der Waals surface area contributed by atoms with E-state index in [0.29, 0.717) is 23.6 Å². The minimum absolute atomic E-state index is 0.00676. The molecule has 21 nitrogen and oxygen atoms in total. The normalized spacial score (nSPS) is 21.9. The van der Waals surface area contributed by atoms with Crippen LogP contribution in [0.15, 0.2) is 83.1 Å². The van der Waals surface area contributed by atoms with Crippen LogP contribution in [0.2, 0.25) is 0 Å². The number of benzene rings is 2. The quantitative estimate of drug-likeness (QED) is 0.0668.